The van der Waals surface area contributed by atoms with Crippen LogP contribution in [0, 0.1) is 0 Å². The molecular weight excluding hydrogens is 390 g/mol. The minimum Gasteiger partial charge on any atom is -0.507 e. The minimum atomic E-state index is -0.736. The number of likely N-dealkylation sites (tertiary alicyclic amines) is 1. The second-order valence-corrected chi connectivity index (χ2v) is 7.34. The summed E-state index contributed by atoms with van der Waals surface area (Å²) in [6, 6.07) is 25.1. The van der Waals surface area contributed by atoms with Gasteiger partial charge in [-0.2, -0.15) is 0 Å². The summed E-state index contributed by atoms with van der Waals surface area (Å²) >= 11 is 0. The normalized spacial score (nSPS) is 17.7. The Hall–Kier alpha value is -3.86. The Morgan fingerprint density at radius 2 is 1.52 bits per heavy atom. The Bertz CT molecular complexity index is 1120. The van der Waals surface area contributed by atoms with Crippen molar-refractivity contribution in [3.05, 3.63) is 107 Å². The molecule has 1 atom stereocenters. The van der Waals surface area contributed by atoms with E-state index < -0.39 is 17.7 Å². The second-order valence-electron chi connectivity index (χ2n) is 7.34. The molecule has 5 heteroatoms. The number of nitrogens with zero attached hydrogens (tertiary/aromatic N) is 1. The molecule has 3 aromatic carbocycles. The van der Waals surface area contributed by atoms with Crippen molar-refractivity contribution in [1.82, 2.24) is 4.90 Å². The number of methoxy groups -OCH3 is 1. The van der Waals surface area contributed by atoms with Crippen molar-refractivity contribution in [3.8, 4) is 5.75 Å². The fraction of sp³-hybridized carbons (Fsp3) is 0.154. The van der Waals surface area contributed by atoms with E-state index >= 15 is 0 Å². The molecule has 1 aliphatic heterocycles. The average molecular weight is 413 g/mol. The number of carbonyl (C=O) groups is 2. The maximum absolute atomic E-state index is 13.1. The number of carbonyl (C=O) groups excluding carboxylic acids is 2. The molecule has 156 valence electrons. The van der Waals surface area contributed by atoms with Crippen LogP contribution in [0.15, 0.2) is 90.5 Å². The first-order valence-corrected chi connectivity index (χ1v) is 10.1. The summed E-state index contributed by atoms with van der Waals surface area (Å²) in [6.07, 6.45) is 0.588. The Labute approximate surface area is 181 Å². The number of amides is 1. The van der Waals surface area contributed by atoms with Crippen molar-refractivity contribution in [1.29, 1.82) is 0 Å². The average Bonchev–Trinajstić information content (AvgIpc) is 3.08. The number of hydrogen-bond donors (Lipinski definition) is 1. The lowest BCUT2D eigenvalue weighted by atomic mass is 9.94. The van der Waals surface area contributed by atoms with Gasteiger partial charge < -0.3 is 14.7 Å². The molecule has 1 heterocycles. The number of benzene rings is 3. The predicted molar refractivity (Wildman–Crippen MR) is 119 cm³/mol. The summed E-state index contributed by atoms with van der Waals surface area (Å²) in [5.41, 5.74) is 2.29. The van der Waals surface area contributed by atoms with E-state index in [2.05, 4.69) is 0 Å². The van der Waals surface area contributed by atoms with Gasteiger partial charge in [-0.1, -0.05) is 78.9 Å². The highest BCUT2D eigenvalue weighted by Gasteiger charge is 2.46. The van der Waals surface area contributed by atoms with Crippen LogP contribution >= 0.6 is 0 Å². The number of aliphatic hydroxyl groups is 1. The van der Waals surface area contributed by atoms with Crippen molar-refractivity contribution in [2.24, 2.45) is 0 Å². The standard InChI is InChI=1S/C26H23NO4/c1-31-21-15-9-8-14-20(21)23-22(24(28)19-12-6-3-7-13-19)25(29)26(30)27(23)17-16-18-10-4-2-5-11-18/h2-15,23,28H,16-17H2,1H3/b24-22-/t23-/m0/s1. The Morgan fingerprint density at radius 1 is 0.903 bits per heavy atom. The summed E-state index contributed by atoms with van der Waals surface area (Å²) in [5, 5.41) is 11.0. The molecule has 1 aliphatic rings. The van der Waals surface area contributed by atoms with Crippen molar-refractivity contribution >= 4 is 17.4 Å². The first kappa shape index (κ1) is 20.4. The van der Waals surface area contributed by atoms with E-state index in [-0.39, 0.29) is 11.3 Å². The number of ketones is 1. The summed E-state index contributed by atoms with van der Waals surface area (Å²) in [5.74, 6) is -0.940. The van der Waals surface area contributed by atoms with E-state index in [1.54, 1.807) is 37.4 Å². The van der Waals surface area contributed by atoms with Crippen LogP contribution in [-0.4, -0.2) is 35.4 Å². The van der Waals surface area contributed by atoms with Crippen molar-refractivity contribution < 1.29 is 19.4 Å². The van der Waals surface area contributed by atoms with Gasteiger partial charge in [0, 0.05) is 17.7 Å². The highest BCUT2D eigenvalue weighted by molar-refractivity contribution is 6.46. The van der Waals surface area contributed by atoms with Crippen LogP contribution in [0.25, 0.3) is 5.76 Å². The van der Waals surface area contributed by atoms with Gasteiger partial charge in [0.25, 0.3) is 11.7 Å². The van der Waals surface area contributed by atoms with Gasteiger partial charge in [-0.25, -0.2) is 0 Å². The molecule has 0 bridgehead atoms. The smallest absolute Gasteiger partial charge is 0.295 e. The van der Waals surface area contributed by atoms with Gasteiger partial charge in [0.05, 0.1) is 18.7 Å². The molecule has 3 aromatic rings. The zero-order valence-corrected chi connectivity index (χ0v) is 17.2. The Kier molecular flexibility index (Phi) is 5.85. The topological polar surface area (TPSA) is 66.8 Å². The summed E-state index contributed by atoms with van der Waals surface area (Å²) < 4.78 is 5.52. The van der Waals surface area contributed by atoms with Gasteiger partial charge >= 0.3 is 0 Å². The number of para-hydroxylation sites is 1. The predicted octanol–water partition coefficient (Wildman–Crippen LogP) is 4.36. The fourth-order valence-corrected chi connectivity index (χ4v) is 3.97. The number of hydrogen-bond acceptors (Lipinski definition) is 4. The van der Waals surface area contributed by atoms with E-state index in [9.17, 15) is 14.7 Å². The van der Waals surface area contributed by atoms with Gasteiger partial charge in [0.15, 0.2) is 0 Å². The van der Waals surface area contributed by atoms with E-state index in [0.29, 0.717) is 29.8 Å². The Morgan fingerprint density at radius 3 is 2.19 bits per heavy atom. The zero-order chi connectivity index (χ0) is 21.8. The van der Waals surface area contributed by atoms with Crippen LogP contribution in [0.2, 0.25) is 0 Å². The molecular formula is C26H23NO4. The molecule has 0 saturated carbocycles. The fourth-order valence-electron chi connectivity index (χ4n) is 3.97. The third-order valence-electron chi connectivity index (χ3n) is 5.50. The molecule has 4 rings (SSSR count). The maximum Gasteiger partial charge on any atom is 0.295 e. The lowest BCUT2D eigenvalue weighted by Gasteiger charge is -2.26. The van der Waals surface area contributed by atoms with Crippen LogP contribution in [-0.2, 0) is 16.0 Å². The number of rotatable bonds is 6. The molecule has 0 aromatic heterocycles. The molecule has 1 N–H and O–H groups in total. The summed E-state index contributed by atoms with van der Waals surface area (Å²) in [6.45, 7) is 0.336. The highest BCUT2D eigenvalue weighted by atomic mass is 16.5. The molecule has 1 fully saturated rings. The van der Waals surface area contributed by atoms with Gasteiger partial charge in [-0.15, -0.1) is 0 Å². The molecule has 0 radical (unpaired) electrons. The van der Waals surface area contributed by atoms with E-state index in [1.807, 2.05) is 54.6 Å². The quantitative estimate of drug-likeness (QED) is 0.370. The number of ether oxygens (including phenoxy) is 1. The van der Waals surface area contributed by atoms with Crippen molar-refractivity contribution in [2.45, 2.75) is 12.5 Å². The first-order chi connectivity index (χ1) is 15.1. The van der Waals surface area contributed by atoms with Gasteiger partial charge in [-0.3, -0.25) is 9.59 Å². The van der Waals surface area contributed by atoms with Crippen molar-refractivity contribution in [2.75, 3.05) is 13.7 Å². The molecule has 1 saturated heterocycles. The molecule has 0 spiro atoms. The third-order valence-corrected chi connectivity index (χ3v) is 5.50. The van der Waals surface area contributed by atoms with E-state index in [0.717, 1.165) is 5.56 Å². The summed E-state index contributed by atoms with van der Waals surface area (Å²) in [7, 11) is 1.55. The molecule has 1 amide bonds. The first-order valence-electron chi connectivity index (χ1n) is 10.1. The summed E-state index contributed by atoms with van der Waals surface area (Å²) in [4.78, 5) is 27.7. The minimum absolute atomic E-state index is 0.0776. The molecule has 31 heavy (non-hydrogen) atoms. The largest absolute Gasteiger partial charge is 0.507 e. The van der Waals surface area contributed by atoms with Crippen LogP contribution in [0.4, 0.5) is 0 Å². The van der Waals surface area contributed by atoms with E-state index in [1.165, 1.54) is 4.90 Å². The van der Waals surface area contributed by atoms with Crippen LogP contribution in [0.3, 0.4) is 0 Å². The van der Waals surface area contributed by atoms with Crippen LogP contribution < -0.4 is 4.74 Å². The maximum atomic E-state index is 13.1. The van der Waals surface area contributed by atoms with Crippen molar-refractivity contribution in [3.63, 3.8) is 0 Å². The zero-order valence-electron chi connectivity index (χ0n) is 17.2. The SMILES string of the molecule is COc1ccccc1[C@H]1/C(=C(/O)c2ccccc2)C(=O)C(=O)N1CCc1ccccc1. The molecule has 0 unspecified atom stereocenters. The third kappa shape index (κ3) is 3.94. The Balaban J connectivity index is 1.82. The number of Topliss-reactive ketones (excluding diaryl/α,β-unsaturated/α-hetero) is 1. The number of aliphatic hydroxyl groups excluding tert-OH is 1. The lowest BCUT2D eigenvalue weighted by Crippen LogP contribution is -2.31. The van der Waals surface area contributed by atoms with Crippen LogP contribution in [0.1, 0.15) is 22.7 Å². The van der Waals surface area contributed by atoms with E-state index in [4.69, 9.17) is 4.74 Å². The lowest BCUT2D eigenvalue weighted by molar-refractivity contribution is -0.139. The monoisotopic (exact) mass is 413 g/mol. The molecule has 0 aliphatic carbocycles. The van der Waals surface area contributed by atoms with Gasteiger partial charge in [0.2, 0.25) is 0 Å². The highest BCUT2D eigenvalue weighted by Crippen LogP contribution is 2.42. The van der Waals surface area contributed by atoms with Gasteiger partial charge in [-0.05, 0) is 18.1 Å². The second kappa shape index (κ2) is 8.88. The van der Waals surface area contributed by atoms with Crippen LogP contribution in [0.5, 0.6) is 5.75 Å². The molecule has 5 nitrogen and oxygen atoms in total. The van der Waals surface area contributed by atoms with Gasteiger partial charge in [0.1, 0.15) is 11.5 Å².